The van der Waals surface area contributed by atoms with Crippen LogP contribution in [0, 0.1) is 31.1 Å². The van der Waals surface area contributed by atoms with E-state index in [1.165, 1.54) is 36.2 Å². The Morgan fingerprint density at radius 2 is 1.25 bits per heavy atom. The van der Waals surface area contributed by atoms with Crippen molar-refractivity contribution in [3.63, 3.8) is 0 Å². The first kappa shape index (κ1) is 28.2. The van der Waals surface area contributed by atoms with Crippen LogP contribution >= 0.6 is 0 Å². The monoisotopic (exact) mass is 506 g/mol. The number of rotatable bonds is 3. The van der Waals surface area contributed by atoms with Crippen LogP contribution in [0.2, 0.25) is 13.1 Å². The Labute approximate surface area is 150 Å². The van der Waals surface area contributed by atoms with Crippen molar-refractivity contribution in [3.8, 4) is 0 Å². The summed E-state index contributed by atoms with van der Waals surface area (Å²) < 4.78 is 0. The van der Waals surface area contributed by atoms with Crippen molar-refractivity contribution in [1.29, 1.82) is 0 Å². The summed E-state index contributed by atoms with van der Waals surface area (Å²) in [5, 5.41) is 0. The van der Waals surface area contributed by atoms with Crippen molar-refractivity contribution in [2.45, 2.75) is 67.5 Å². The van der Waals surface area contributed by atoms with Crippen LogP contribution < -0.4 is 0 Å². The first-order chi connectivity index (χ1) is 9.08. The quantitative estimate of drug-likeness (QED) is 0.430. The second kappa shape index (κ2) is 24.0. The van der Waals surface area contributed by atoms with Gasteiger partial charge in [0.2, 0.25) is 0 Å². The summed E-state index contributed by atoms with van der Waals surface area (Å²) in [4.78, 5) is 22.4. The molecule has 5 heteroatoms. The summed E-state index contributed by atoms with van der Waals surface area (Å²) in [6, 6.07) is 0. The molecule has 1 aliphatic heterocycles. The van der Waals surface area contributed by atoms with Gasteiger partial charge in [0.05, 0.1) is 0 Å². The molecule has 0 aromatic heterocycles. The zero-order valence-electron chi connectivity index (χ0n) is 14.3. The zero-order valence-corrected chi connectivity index (χ0v) is 18.5. The normalized spacial score (nSPS) is 11.1. The van der Waals surface area contributed by atoms with E-state index in [9.17, 15) is 9.59 Å². The number of hydrogen-bond acceptors (Lipinski definition) is 2. The van der Waals surface area contributed by atoms with Gasteiger partial charge >= 0.3 is 0 Å². The van der Waals surface area contributed by atoms with Gasteiger partial charge < -0.3 is 0 Å². The van der Waals surface area contributed by atoms with E-state index in [-0.39, 0.29) is 42.9 Å². The van der Waals surface area contributed by atoms with Crippen LogP contribution in [0.3, 0.4) is 0 Å². The summed E-state index contributed by atoms with van der Waals surface area (Å²) in [5.74, 6) is -0.412. The van der Waals surface area contributed by atoms with Crippen LogP contribution in [0.5, 0.6) is 0 Å². The van der Waals surface area contributed by atoms with Gasteiger partial charge in [0.1, 0.15) is 7.28 Å². The van der Waals surface area contributed by atoms with E-state index < -0.39 is 0 Å². The van der Waals surface area contributed by atoms with E-state index in [0.29, 0.717) is 6.54 Å². The Balaban J connectivity index is -0.0000000999. The molecule has 1 radical (unpaired) electrons. The molecule has 1 rings (SSSR count). The maximum atomic E-state index is 10.6. The van der Waals surface area contributed by atoms with Crippen molar-refractivity contribution in [2.75, 3.05) is 6.54 Å². The molecule has 0 aromatic rings. The average Bonchev–Trinajstić information content (AvgIpc) is 2.80. The molecule has 20 heavy (non-hydrogen) atoms. The second-order valence-electron chi connectivity index (χ2n) is 3.57. The molecule has 0 aliphatic carbocycles. The minimum Gasteiger partial charge on any atom is -0.276 e. The molecule has 0 saturated heterocycles. The Morgan fingerprint density at radius 3 is 1.35 bits per heavy atom. The van der Waals surface area contributed by atoms with E-state index in [1.807, 2.05) is 13.8 Å². The molecule has 115 valence electrons. The van der Waals surface area contributed by atoms with Gasteiger partial charge in [0.25, 0.3) is 11.8 Å². The van der Waals surface area contributed by atoms with Crippen molar-refractivity contribution < 1.29 is 40.7 Å². The van der Waals surface area contributed by atoms with Crippen molar-refractivity contribution >= 4 is 19.1 Å². The Morgan fingerprint density at radius 1 is 0.950 bits per heavy atom. The SMILES string of the molecule is CC.CCCC.CCN1C(=O)C=CC1=O.C[B]CC.[U]. The molecule has 1 aliphatic rings. The number of amides is 2. The van der Waals surface area contributed by atoms with Gasteiger partial charge in [-0.25, -0.2) is 0 Å². The molecular weight excluding hydrogens is 475 g/mol. The average molecular weight is 506 g/mol. The fraction of sp³-hybridized carbons (Fsp3) is 0.733. The van der Waals surface area contributed by atoms with Gasteiger partial charge in [-0.2, -0.15) is 0 Å². The van der Waals surface area contributed by atoms with E-state index in [0.717, 1.165) is 0 Å². The van der Waals surface area contributed by atoms with Crippen molar-refractivity contribution in [2.24, 2.45) is 0 Å². The molecule has 0 spiro atoms. The van der Waals surface area contributed by atoms with Gasteiger partial charge in [-0.1, -0.05) is 60.6 Å². The fourth-order valence-electron chi connectivity index (χ4n) is 0.743. The molecule has 1 heterocycles. The maximum absolute atomic E-state index is 10.6. The first-order valence-corrected chi connectivity index (χ1v) is 7.40. The minimum atomic E-state index is -0.206. The summed E-state index contributed by atoms with van der Waals surface area (Å²) in [5.41, 5.74) is 0. The van der Waals surface area contributed by atoms with Crippen LogP contribution in [-0.4, -0.2) is 30.5 Å². The number of likely N-dealkylation sites (N-methyl/N-ethyl adjacent to an activating group) is 1. The number of imide groups is 1. The Kier molecular flexibility index (Phi) is 33.9. The first-order valence-electron chi connectivity index (χ1n) is 7.40. The number of hydrogen-bond donors (Lipinski definition) is 0. The van der Waals surface area contributed by atoms with E-state index in [1.54, 1.807) is 6.92 Å². The number of carbonyl (C=O) groups excluding carboxylic acids is 2. The third-order valence-corrected chi connectivity index (χ3v) is 2.13. The standard InChI is InChI=1S/C6H7NO2.C4H10.C3H8B.C2H6.U/c1-2-7-5(8)3-4-6(7)9;2*1-3-4-2;1-2;/h3-4H,2H2,1H3;3-4H2,1-2H3;3H2,1-2H3;1-2H3;. The molecule has 0 N–H and O–H groups in total. The summed E-state index contributed by atoms with van der Waals surface area (Å²) in [6.45, 7) is 14.8. The van der Waals surface area contributed by atoms with Crippen molar-refractivity contribution in [1.82, 2.24) is 4.90 Å². The summed E-state index contributed by atoms with van der Waals surface area (Å²) in [6.07, 6.45) is 6.40. The van der Waals surface area contributed by atoms with Gasteiger partial charge in [-0.3, -0.25) is 14.5 Å². The molecule has 0 fully saturated rings. The topological polar surface area (TPSA) is 37.4 Å². The molecule has 0 aromatic carbocycles. The van der Waals surface area contributed by atoms with E-state index >= 15 is 0 Å². The number of carbonyl (C=O) groups is 2. The minimum absolute atomic E-state index is 0. The van der Waals surface area contributed by atoms with E-state index in [4.69, 9.17) is 0 Å². The third-order valence-electron chi connectivity index (χ3n) is 2.13. The molecule has 0 saturated carbocycles. The zero-order chi connectivity index (χ0) is 15.7. The maximum Gasteiger partial charge on any atom is 0.253 e. The predicted octanol–water partition coefficient (Wildman–Crippen LogP) is 3.94. The Hall–Kier alpha value is -0.00312. The number of unbranched alkanes of at least 4 members (excludes halogenated alkanes) is 1. The smallest absolute Gasteiger partial charge is 0.253 e. The van der Waals surface area contributed by atoms with Crippen molar-refractivity contribution in [3.05, 3.63) is 12.2 Å². The van der Waals surface area contributed by atoms with Crippen LogP contribution in [0.1, 0.15) is 54.4 Å². The molecule has 0 bridgehead atoms. The number of nitrogens with zero attached hydrogens (tertiary/aromatic N) is 1. The molecule has 0 unspecified atom stereocenters. The molecule has 2 amide bonds. The molecule has 3 nitrogen and oxygen atoms in total. The molecular formula is C15H31BNO2U. The van der Waals surface area contributed by atoms with Crippen LogP contribution in [0.4, 0.5) is 0 Å². The van der Waals surface area contributed by atoms with Crippen LogP contribution in [-0.2, 0) is 9.59 Å². The third kappa shape index (κ3) is 18.0. The fourth-order valence-corrected chi connectivity index (χ4v) is 0.743. The molecule has 0 atom stereocenters. The summed E-state index contributed by atoms with van der Waals surface area (Å²) in [7, 11) is 2.12. The largest absolute Gasteiger partial charge is 0.276 e. The second-order valence-corrected chi connectivity index (χ2v) is 3.57. The predicted molar refractivity (Wildman–Crippen MR) is 85.6 cm³/mol. The van der Waals surface area contributed by atoms with Gasteiger partial charge in [-0.05, 0) is 6.92 Å². The van der Waals surface area contributed by atoms with Crippen LogP contribution in [0.25, 0.3) is 0 Å². The van der Waals surface area contributed by atoms with E-state index in [2.05, 4.69) is 34.9 Å². The Bertz CT molecular complexity index is 220. The van der Waals surface area contributed by atoms with Crippen LogP contribution in [0.15, 0.2) is 12.2 Å². The van der Waals surface area contributed by atoms with Gasteiger partial charge in [0, 0.05) is 49.8 Å². The van der Waals surface area contributed by atoms with Gasteiger partial charge in [0.15, 0.2) is 0 Å². The summed E-state index contributed by atoms with van der Waals surface area (Å²) >= 11 is 0. The van der Waals surface area contributed by atoms with Gasteiger partial charge in [-0.15, -0.1) is 0 Å².